The van der Waals surface area contributed by atoms with E-state index < -0.39 is 0 Å². The van der Waals surface area contributed by atoms with Crippen LogP contribution in [0.25, 0.3) is 0 Å². The van der Waals surface area contributed by atoms with Crippen molar-refractivity contribution < 1.29 is 0 Å². The van der Waals surface area contributed by atoms with Crippen molar-refractivity contribution >= 4 is 5.95 Å². The number of nitriles is 1. The van der Waals surface area contributed by atoms with Crippen molar-refractivity contribution in [1.82, 2.24) is 24.7 Å². The van der Waals surface area contributed by atoms with Gasteiger partial charge in [0.15, 0.2) is 0 Å². The van der Waals surface area contributed by atoms with Crippen LogP contribution in [0.3, 0.4) is 0 Å². The minimum absolute atomic E-state index is 0.348. The number of aromatic nitrogens is 5. The lowest BCUT2D eigenvalue weighted by atomic mass is 10.4. The summed E-state index contributed by atoms with van der Waals surface area (Å²) >= 11 is 0. The first-order chi connectivity index (χ1) is 8.29. The molecule has 2 heterocycles. The van der Waals surface area contributed by atoms with Gasteiger partial charge in [-0.15, -0.1) is 10.2 Å². The Bertz CT molecular complexity index is 540. The van der Waals surface area contributed by atoms with E-state index in [1.165, 1.54) is 0 Å². The standard InChI is InChI=1S/C10H11N7/c1-17-7-14-16-9(17)3-5-13-10-12-4-2-8(6-11)15-10/h2,4,7H,3,5H2,1H3,(H,12,13,15). The molecule has 0 atom stereocenters. The van der Waals surface area contributed by atoms with E-state index in [1.54, 1.807) is 18.6 Å². The third kappa shape index (κ3) is 2.75. The van der Waals surface area contributed by atoms with Gasteiger partial charge in [0.1, 0.15) is 23.9 Å². The van der Waals surface area contributed by atoms with Crippen LogP contribution in [-0.2, 0) is 13.5 Å². The van der Waals surface area contributed by atoms with Gasteiger partial charge in [0.25, 0.3) is 0 Å². The van der Waals surface area contributed by atoms with E-state index >= 15 is 0 Å². The highest BCUT2D eigenvalue weighted by atomic mass is 15.2. The summed E-state index contributed by atoms with van der Waals surface area (Å²) in [6.07, 6.45) is 3.93. The molecular weight excluding hydrogens is 218 g/mol. The second-order valence-corrected chi connectivity index (χ2v) is 3.41. The summed E-state index contributed by atoms with van der Waals surface area (Å²) < 4.78 is 1.86. The maximum absolute atomic E-state index is 8.68. The summed E-state index contributed by atoms with van der Waals surface area (Å²) in [5.74, 6) is 1.33. The lowest BCUT2D eigenvalue weighted by Crippen LogP contribution is -2.10. The zero-order valence-electron chi connectivity index (χ0n) is 9.33. The molecule has 0 aliphatic rings. The second kappa shape index (κ2) is 5.03. The molecule has 0 unspecified atom stereocenters. The van der Waals surface area contributed by atoms with Gasteiger partial charge in [-0.05, 0) is 6.07 Å². The van der Waals surface area contributed by atoms with E-state index in [4.69, 9.17) is 5.26 Å². The molecule has 0 bridgehead atoms. The fourth-order valence-corrected chi connectivity index (χ4v) is 1.33. The van der Waals surface area contributed by atoms with E-state index in [1.807, 2.05) is 17.7 Å². The fourth-order valence-electron chi connectivity index (χ4n) is 1.33. The Labute approximate surface area is 98.2 Å². The minimum Gasteiger partial charge on any atom is -0.354 e. The molecule has 0 saturated carbocycles. The topological polar surface area (TPSA) is 92.3 Å². The fraction of sp³-hybridized carbons (Fsp3) is 0.300. The minimum atomic E-state index is 0.348. The maximum atomic E-state index is 8.68. The number of rotatable bonds is 4. The van der Waals surface area contributed by atoms with Gasteiger partial charge in [0.2, 0.25) is 5.95 Å². The summed E-state index contributed by atoms with van der Waals surface area (Å²) in [6, 6.07) is 3.53. The van der Waals surface area contributed by atoms with Crippen LogP contribution in [0.1, 0.15) is 11.5 Å². The molecule has 7 nitrogen and oxygen atoms in total. The van der Waals surface area contributed by atoms with Crippen molar-refractivity contribution in [2.45, 2.75) is 6.42 Å². The lowest BCUT2D eigenvalue weighted by molar-refractivity contribution is 0.785. The van der Waals surface area contributed by atoms with Crippen LogP contribution in [0.15, 0.2) is 18.6 Å². The molecule has 86 valence electrons. The van der Waals surface area contributed by atoms with Crippen molar-refractivity contribution in [3.63, 3.8) is 0 Å². The largest absolute Gasteiger partial charge is 0.354 e. The van der Waals surface area contributed by atoms with E-state index in [9.17, 15) is 0 Å². The van der Waals surface area contributed by atoms with Crippen LogP contribution < -0.4 is 5.32 Å². The summed E-state index contributed by atoms with van der Waals surface area (Å²) in [5.41, 5.74) is 0.348. The number of nitrogens with one attached hydrogen (secondary N) is 1. The average Bonchev–Trinajstić information content (AvgIpc) is 2.76. The van der Waals surface area contributed by atoms with Gasteiger partial charge in [-0.25, -0.2) is 9.97 Å². The first-order valence-corrected chi connectivity index (χ1v) is 5.09. The summed E-state index contributed by atoms with van der Waals surface area (Å²) in [5, 5.41) is 19.5. The third-order valence-electron chi connectivity index (χ3n) is 2.21. The summed E-state index contributed by atoms with van der Waals surface area (Å²) in [6.45, 7) is 0.640. The van der Waals surface area contributed by atoms with Gasteiger partial charge in [0, 0.05) is 26.2 Å². The van der Waals surface area contributed by atoms with Crippen molar-refractivity contribution in [3.8, 4) is 6.07 Å². The first kappa shape index (κ1) is 11.0. The van der Waals surface area contributed by atoms with E-state index in [2.05, 4.69) is 25.5 Å². The Morgan fingerprint density at radius 1 is 1.53 bits per heavy atom. The molecule has 0 fully saturated rings. The van der Waals surface area contributed by atoms with Gasteiger partial charge in [-0.2, -0.15) is 5.26 Å². The van der Waals surface area contributed by atoms with Crippen LogP contribution in [0.4, 0.5) is 5.95 Å². The molecular formula is C10H11N7. The summed E-state index contributed by atoms with van der Waals surface area (Å²) in [7, 11) is 1.89. The molecule has 0 radical (unpaired) electrons. The highest BCUT2D eigenvalue weighted by Gasteiger charge is 2.01. The monoisotopic (exact) mass is 229 g/mol. The Morgan fingerprint density at radius 3 is 3.12 bits per heavy atom. The Kier molecular flexibility index (Phi) is 3.25. The van der Waals surface area contributed by atoms with Crippen molar-refractivity contribution in [2.75, 3.05) is 11.9 Å². The zero-order chi connectivity index (χ0) is 12.1. The van der Waals surface area contributed by atoms with Crippen molar-refractivity contribution in [2.24, 2.45) is 7.05 Å². The Hall–Kier alpha value is -2.49. The molecule has 2 aromatic rings. The predicted molar refractivity (Wildman–Crippen MR) is 59.9 cm³/mol. The van der Waals surface area contributed by atoms with Crippen molar-refractivity contribution in [3.05, 3.63) is 30.1 Å². The zero-order valence-corrected chi connectivity index (χ0v) is 9.33. The van der Waals surface area contributed by atoms with Crippen LogP contribution in [0.5, 0.6) is 0 Å². The van der Waals surface area contributed by atoms with Crippen LogP contribution in [-0.4, -0.2) is 31.3 Å². The van der Waals surface area contributed by atoms with E-state index in [0.29, 0.717) is 18.2 Å². The SMILES string of the molecule is Cn1cnnc1CCNc1nccc(C#N)n1. The molecule has 2 aromatic heterocycles. The van der Waals surface area contributed by atoms with Gasteiger partial charge < -0.3 is 9.88 Å². The molecule has 17 heavy (non-hydrogen) atoms. The molecule has 7 heteroatoms. The van der Waals surface area contributed by atoms with Gasteiger partial charge in [-0.3, -0.25) is 0 Å². The van der Waals surface area contributed by atoms with Crippen molar-refractivity contribution in [1.29, 1.82) is 5.26 Å². The van der Waals surface area contributed by atoms with Crippen LogP contribution in [0.2, 0.25) is 0 Å². The van der Waals surface area contributed by atoms with E-state index in [-0.39, 0.29) is 0 Å². The second-order valence-electron chi connectivity index (χ2n) is 3.41. The number of hydrogen-bond acceptors (Lipinski definition) is 6. The quantitative estimate of drug-likeness (QED) is 0.801. The first-order valence-electron chi connectivity index (χ1n) is 5.09. The highest BCUT2D eigenvalue weighted by Crippen LogP contribution is 2.00. The number of aryl methyl sites for hydroxylation is 1. The smallest absolute Gasteiger partial charge is 0.223 e. The molecule has 2 rings (SSSR count). The number of nitrogens with zero attached hydrogens (tertiary/aromatic N) is 6. The average molecular weight is 229 g/mol. The van der Waals surface area contributed by atoms with Gasteiger partial charge >= 0.3 is 0 Å². The lowest BCUT2D eigenvalue weighted by Gasteiger charge is -2.03. The Balaban J connectivity index is 1.90. The molecule has 1 N–H and O–H groups in total. The maximum Gasteiger partial charge on any atom is 0.223 e. The number of anilines is 1. The molecule has 0 aliphatic carbocycles. The molecule has 0 saturated heterocycles. The molecule has 0 amide bonds. The third-order valence-corrected chi connectivity index (χ3v) is 2.21. The van der Waals surface area contributed by atoms with Gasteiger partial charge in [0.05, 0.1) is 0 Å². The normalized spacial score (nSPS) is 9.88. The summed E-state index contributed by atoms with van der Waals surface area (Å²) in [4.78, 5) is 8.02. The predicted octanol–water partition coefficient (Wildman–Crippen LogP) is 0.131. The highest BCUT2D eigenvalue weighted by molar-refractivity contribution is 5.29. The van der Waals surface area contributed by atoms with E-state index in [0.717, 1.165) is 12.2 Å². The number of hydrogen-bond donors (Lipinski definition) is 1. The molecule has 0 spiro atoms. The van der Waals surface area contributed by atoms with Crippen LogP contribution in [0, 0.1) is 11.3 Å². The van der Waals surface area contributed by atoms with Gasteiger partial charge in [-0.1, -0.05) is 0 Å². The Morgan fingerprint density at radius 2 is 2.41 bits per heavy atom. The molecule has 0 aromatic carbocycles. The van der Waals surface area contributed by atoms with Crippen LogP contribution >= 0.6 is 0 Å². The molecule has 0 aliphatic heterocycles.